The van der Waals surface area contributed by atoms with Gasteiger partial charge in [0, 0.05) is 37.6 Å². The van der Waals surface area contributed by atoms with Gasteiger partial charge in [0.15, 0.2) is 0 Å². The highest BCUT2D eigenvalue weighted by molar-refractivity contribution is 7.99. The summed E-state index contributed by atoms with van der Waals surface area (Å²) < 4.78 is 2.23. The molecule has 4 heteroatoms. The van der Waals surface area contributed by atoms with E-state index >= 15 is 0 Å². The SMILES string of the molecule is Cc1ccc2c(c1)nc(CC1CSCCN1)n2C. The van der Waals surface area contributed by atoms with Gasteiger partial charge < -0.3 is 9.88 Å². The van der Waals surface area contributed by atoms with Crippen LogP contribution in [0, 0.1) is 6.92 Å². The molecule has 1 aromatic carbocycles. The summed E-state index contributed by atoms with van der Waals surface area (Å²) in [7, 11) is 2.12. The zero-order chi connectivity index (χ0) is 12.5. The lowest BCUT2D eigenvalue weighted by Gasteiger charge is -2.22. The fourth-order valence-electron chi connectivity index (χ4n) is 2.51. The number of thioether (sulfide) groups is 1. The summed E-state index contributed by atoms with van der Waals surface area (Å²) in [5, 5.41) is 3.58. The number of aromatic nitrogens is 2. The number of rotatable bonds is 2. The Bertz CT molecular complexity index is 555. The van der Waals surface area contributed by atoms with Crippen LogP contribution in [0.25, 0.3) is 11.0 Å². The molecule has 1 saturated heterocycles. The maximum atomic E-state index is 4.78. The van der Waals surface area contributed by atoms with Gasteiger partial charge in [-0.3, -0.25) is 0 Å². The van der Waals surface area contributed by atoms with Crippen LogP contribution in [-0.4, -0.2) is 33.6 Å². The van der Waals surface area contributed by atoms with Crippen LogP contribution in [0.3, 0.4) is 0 Å². The monoisotopic (exact) mass is 261 g/mol. The van der Waals surface area contributed by atoms with Gasteiger partial charge in [-0.15, -0.1) is 0 Å². The lowest BCUT2D eigenvalue weighted by atomic mass is 10.2. The maximum Gasteiger partial charge on any atom is 0.111 e. The Labute approximate surface area is 112 Å². The van der Waals surface area contributed by atoms with Crippen LogP contribution < -0.4 is 5.32 Å². The molecule has 1 aromatic heterocycles. The standard InChI is InChI=1S/C14H19N3S/c1-10-3-4-13-12(7-10)16-14(17(13)2)8-11-9-18-6-5-15-11/h3-4,7,11,15H,5-6,8-9H2,1-2H3. The molecule has 1 N–H and O–H groups in total. The molecule has 0 aliphatic carbocycles. The molecule has 1 aliphatic heterocycles. The molecule has 1 fully saturated rings. The number of hydrogen-bond donors (Lipinski definition) is 1. The number of aryl methyl sites for hydroxylation is 2. The molecule has 3 rings (SSSR count). The van der Waals surface area contributed by atoms with Crippen molar-refractivity contribution in [2.24, 2.45) is 7.05 Å². The minimum absolute atomic E-state index is 0.570. The van der Waals surface area contributed by atoms with Gasteiger partial charge >= 0.3 is 0 Å². The van der Waals surface area contributed by atoms with Gasteiger partial charge in [-0.2, -0.15) is 11.8 Å². The van der Waals surface area contributed by atoms with E-state index in [9.17, 15) is 0 Å². The van der Waals surface area contributed by atoms with Gasteiger partial charge in [0.1, 0.15) is 5.82 Å². The Kier molecular flexibility index (Phi) is 3.31. The zero-order valence-electron chi connectivity index (χ0n) is 10.9. The summed E-state index contributed by atoms with van der Waals surface area (Å²) in [4.78, 5) is 4.78. The first-order valence-corrected chi connectivity index (χ1v) is 7.62. The van der Waals surface area contributed by atoms with E-state index in [1.165, 1.54) is 28.4 Å². The molecule has 0 radical (unpaired) electrons. The number of hydrogen-bond acceptors (Lipinski definition) is 3. The summed E-state index contributed by atoms with van der Waals surface area (Å²) in [5.41, 5.74) is 3.63. The Balaban J connectivity index is 1.89. The third-order valence-electron chi connectivity index (χ3n) is 3.56. The molecule has 0 spiro atoms. The molecule has 1 aliphatic rings. The van der Waals surface area contributed by atoms with Crippen molar-refractivity contribution in [1.29, 1.82) is 0 Å². The Morgan fingerprint density at radius 2 is 2.39 bits per heavy atom. The first-order valence-electron chi connectivity index (χ1n) is 6.47. The average molecular weight is 261 g/mol. The van der Waals surface area contributed by atoms with Gasteiger partial charge in [-0.1, -0.05) is 6.07 Å². The second-order valence-electron chi connectivity index (χ2n) is 5.01. The molecule has 18 heavy (non-hydrogen) atoms. The van der Waals surface area contributed by atoms with E-state index in [1.807, 2.05) is 11.8 Å². The van der Waals surface area contributed by atoms with Crippen LogP contribution in [0.4, 0.5) is 0 Å². The number of nitrogens with one attached hydrogen (secondary N) is 1. The minimum Gasteiger partial charge on any atom is -0.331 e. The van der Waals surface area contributed by atoms with Gasteiger partial charge in [-0.25, -0.2) is 4.98 Å². The molecule has 0 amide bonds. The molecule has 0 saturated carbocycles. The normalized spacial score (nSPS) is 20.4. The van der Waals surface area contributed by atoms with Gasteiger partial charge in [-0.05, 0) is 24.6 Å². The Hall–Kier alpha value is -1.00. The van der Waals surface area contributed by atoms with E-state index in [2.05, 4.69) is 42.1 Å². The summed E-state index contributed by atoms with van der Waals surface area (Å²) in [5.74, 6) is 3.62. The third-order valence-corrected chi connectivity index (χ3v) is 4.69. The molecule has 0 bridgehead atoms. The molecule has 1 atom stereocenters. The Morgan fingerprint density at radius 3 is 3.17 bits per heavy atom. The number of benzene rings is 1. The predicted molar refractivity (Wildman–Crippen MR) is 78.3 cm³/mol. The van der Waals surface area contributed by atoms with E-state index in [-0.39, 0.29) is 0 Å². The number of imidazole rings is 1. The lowest BCUT2D eigenvalue weighted by molar-refractivity contribution is 0.543. The van der Waals surface area contributed by atoms with Crippen LogP contribution in [0.15, 0.2) is 18.2 Å². The number of nitrogens with zero attached hydrogens (tertiary/aromatic N) is 2. The average Bonchev–Trinajstić information content (AvgIpc) is 2.67. The van der Waals surface area contributed by atoms with Crippen molar-refractivity contribution in [2.45, 2.75) is 19.4 Å². The quantitative estimate of drug-likeness (QED) is 0.898. The minimum atomic E-state index is 0.570. The molecular formula is C14H19N3S. The van der Waals surface area contributed by atoms with Crippen molar-refractivity contribution in [3.05, 3.63) is 29.6 Å². The Morgan fingerprint density at radius 1 is 1.50 bits per heavy atom. The highest BCUT2D eigenvalue weighted by Gasteiger charge is 2.17. The smallest absolute Gasteiger partial charge is 0.111 e. The van der Waals surface area contributed by atoms with Crippen molar-refractivity contribution in [3.63, 3.8) is 0 Å². The first-order chi connectivity index (χ1) is 8.74. The largest absolute Gasteiger partial charge is 0.331 e. The molecule has 1 unspecified atom stereocenters. The third kappa shape index (κ3) is 2.27. The second-order valence-corrected chi connectivity index (χ2v) is 6.16. The van der Waals surface area contributed by atoms with Crippen LogP contribution in [0.2, 0.25) is 0 Å². The van der Waals surface area contributed by atoms with Crippen molar-refractivity contribution in [3.8, 4) is 0 Å². The molecule has 2 heterocycles. The highest BCUT2D eigenvalue weighted by Crippen LogP contribution is 2.19. The zero-order valence-corrected chi connectivity index (χ0v) is 11.8. The van der Waals surface area contributed by atoms with Gasteiger partial charge in [0.25, 0.3) is 0 Å². The van der Waals surface area contributed by atoms with E-state index < -0.39 is 0 Å². The summed E-state index contributed by atoms with van der Waals surface area (Å²) >= 11 is 2.04. The maximum absolute atomic E-state index is 4.78. The van der Waals surface area contributed by atoms with Crippen LogP contribution in [0.1, 0.15) is 11.4 Å². The molecule has 2 aromatic rings. The van der Waals surface area contributed by atoms with Crippen LogP contribution in [-0.2, 0) is 13.5 Å². The number of fused-ring (bicyclic) bond motifs is 1. The first kappa shape index (κ1) is 12.1. The summed E-state index contributed by atoms with van der Waals surface area (Å²) in [6.07, 6.45) is 1.03. The van der Waals surface area contributed by atoms with Gasteiger partial charge in [0.2, 0.25) is 0 Å². The van der Waals surface area contributed by atoms with Crippen molar-refractivity contribution >= 4 is 22.8 Å². The van der Waals surface area contributed by atoms with E-state index in [4.69, 9.17) is 4.98 Å². The second kappa shape index (κ2) is 4.94. The summed E-state index contributed by atoms with van der Waals surface area (Å²) in [6, 6.07) is 7.06. The van der Waals surface area contributed by atoms with E-state index in [0.717, 1.165) is 18.5 Å². The molecular weight excluding hydrogens is 242 g/mol. The summed E-state index contributed by atoms with van der Waals surface area (Å²) in [6.45, 7) is 3.24. The fourth-order valence-corrected chi connectivity index (χ4v) is 3.46. The molecule has 96 valence electrons. The van der Waals surface area contributed by atoms with Crippen LogP contribution in [0.5, 0.6) is 0 Å². The predicted octanol–water partition coefficient (Wildman–Crippen LogP) is 2.13. The van der Waals surface area contributed by atoms with Gasteiger partial charge in [0.05, 0.1) is 11.0 Å². The van der Waals surface area contributed by atoms with Crippen LogP contribution >= 0.6 is 11.8 Å². The van der Waals surface area contributed by atoms with Crippen molar-refractivity contribution in [2.75, 3.05) is 18.1 Å². The highest BCUT2D eigenvalue weighted by atomic mass is 32.2. The molecule has 3 nitrogen and oxygen atoms in total. The topological polar surface area (TPSA) is 29.9 Å². The fraction of sp³-hybridized carbons (Fsp3) is 0.500. The lowest BCUT2D eigenvalue weighted by Crippen LogP contribution is -2.39. The van der Waals surface area contributed by atoms with E-state index in [0.29, 0.717) is 6.04 Å². The van der Waals surface area contributed by atoms with Crippen molar-refractivity contribution < 1.29 is 0 Å². The van der Waals surface area contributed by atoms with Crippen molar-refractivity contribution in [1.82, 2.24) is 14.9 Å². The van der Waals surface area contributed by atoms with E-state index in [1.54, 1.807) is 0 Å².